The molecule has 3 saturated carbocycles. The van der Waals surface area contributed by atoms with Gasteiger partial charge in [0, 0.05) is 16.7 Å². The van der Waals surface area contributed by atoms with Crippen LogP contribution in [0.25, 0.3) is 0 Å². The predicted molar refractivity (Wildman–Crippen MR) is 109 cm³/mol. The summed E-state index contributed by atoms with van der Waals surface area (Å²) in [6.07, 6.45) is -0.151. The quantitative estimate of drug-likeness (QED) is 0.668. The van der Waals surface area contributed by atoms with Gasteiger partial charge in [0.25, 0.3) is 0 Å². The molecule has 0 amide bonds. The molecular formula is C24H30F2O6. The smallest absolute Gasteiger partial charge is 0.193 e. The third kappa shape index (κ3) is 2.32. The Morgan fingerprint density at radius 1 is 1.22 bits per heavy atom. The maximum atomic E-state index is 17.1. The van der Waals surface area contributed by atoms with Gasteiger partial charge in [0.15, 0.2) is 28.6 Å². The molecule has 176 valence electrons. The van der Waals surface area contributed by atoms with Gasteiger partial charge in [-0.05, 0) is 63.7 Å². The van der Waals surface area contributed by atoms with Crippen LogP contribution in [0, 0.1) is 22.7 Å². The number of halogens is 2. The van der Waals surface area contributed by atoms with E-state index in [1.807, 2.05) is 0 Å². The van der Waals surface area contributed by atoms with Crippen molar-refractivity contribution in [1.82, 2.24) is 0 Å². The highest BCUT2D eigenvalue weighted by Gasteiger charge is 2.80. The fourth-order valence-electron chi connectivity index (χ4n) is 7.92. The lowest BCUT2D eigenvalue weighted by molar-refractivity contribution is -0.248. The molecule has 0 aromatic heterocycles. The molecule has 4 fully saturated rings. The molecule has 0 spiro atoms. The number of hydrogen-bond acceptors (Lipinski definition) is 6. The molecule has 0 aromatic carbocycles. The van der Waals surface area contributed by atoms with Crippen molar-refractivity contribution >= 4 is 11.6 Å². The second-order valence-electron chi connectivity index (χ2n) is 11.0. The van der Waals surface area contributed by atoms with Crippen LogP contribution >= 0.6 is 0 Å². The molecule has 0 bridgehead atoms. The molecule has 6 nitrogen and oxygen atoms in total. The molecule has 1 saturated heterocycles. The molecule has 9 atom stereocenters. The summed E-state index contributed by atoms with van der Waals surface area (Å²) in [5.74, 6) is -3.53. The number of rotatable bonds is 2. The topological polar surface area (TPSA) is 93.1 Å². The molecule has 5 unspecified atom stereocenters. The first kappa shape index (κ1) is 22.3. The third-order valence-corrected chi connectivity index (χ3v) is 9.18. The number of Topliss-reactive ketones (excluding diaryl/α,β-unsaturated/α-hetero) is 1. The van der Waals surface area contributed by atoms with Gasteiger partial charge < -0.3 is 19.7 Å². The number of alkyl halides is 2. The summed E-state index contributed by atoms with van der Waals surface area (Å²) >= 11 is 0. The van der Waals surface area contributed by atoms with Crippen molar-refractivity contribution in [2.75, 3.05) is 6.61 Å². The average Bonchev–Trinajstić information content (AvgIpc) is 3.11. The molecule has 1 aliphatic heterocycles. The number of ketones is 2. The van der Waals surface area contributed by atoms with E-state index in [1.165, 1.54) is 19.1 Å². The van der Waals surface area contributed by atoms with Crippen molar-refractivity contribution in [3.05, 3.63) is 23.8 Å². The SMILES string of the molecule is CC1(C)OC2C[C@@H]3[C@H]4C[C@@H](F)C5=CC(=O)C=CC5(C)[C@]4(F)C(O)CC3(C)C2(C(=O)CO)O1. The normalized spacial score (nSPS) is 53.2. The second kappa shape index (κ2) is 6.34. The molecule has 0 radical (unpaired) electrons. The molecule has 8 heteroatoms. The van der Waals surface area contributed by atoms with Gasteiger partial charge in [-0.2, -0.15) is 0 Å². The summed E-state index contributed by atoms with van der Waals surface area (Å²) in [6, 6.07) is 0. The van der Waals surface area contributed by atoms with E-state index in [-0.39, 0.29) is 24.8 Å². The Kier molecular flexibility index (Phi) is 4.42. The Labute approximate surface area is 185 Å². The zero-order valence-corrected chi connectivity index (χ0v) is 18.7. The Morgan fingerprint density at radius 3 is 2.56 bits per heavy atom. The zero-order chi connectivity index (χ0) is 23.5. The number of carbonyl (C=O) groups excluding carboxylic acids is 2. The first-order valence-electron chi connectivity index (χ1n) is 11.3. The molecule has 5 aliphatic rings. The van der Waals surface area contributed by atoms with Crippen LogP contribution in [0.1, 0.15) is 47.0 Å². The van der Waals surface area contributed by atoms with Crippen molar-refractivity contribution in [2.24, 2.45) is 22.7 Å². The predicted octanol–water partition coefficient (Wildman–Crippen LogP) is 2.37. The van der Waals surface area contributed by atoms with Gasteiger partial charge >= 0.3 is 0 Å². The van der Waals surface area contributed by atoms with E-state index in [4.69, 9.17) is 9.47 Å². The monoisotopic (exact) mass is 452 g/mol. The van der Waals surface area contributed by atoms with E-state index in [2.05, 4.69) is 0 Å². The lowest BCUT2D eigenvalue weighted by Gasteiger charge is -2.63. The van der Waals surface area contributed by atoms with Crippen LogP contribution < -0.4 is 0 Å². The first-order valence-corrected chi connectivity index (χ1v) is 11.3. The first-order chi connectivity index (χ1) is 14.8. The van der Waals surface area contributed by atoms with Gasteiger partial charge in [-0.3, -0.25) is 9.59 Å². The Balaban J connectivity index is 1.66. The van der Waals surface area contributed by atoms with Crippen LogP contribution in [-0.4, -0.2) is 63.8 Å². The van der Waals surface area contributed by atoms with Crippen LogP contribution in [0.2, 0.25) is 0 Å². The minimum absolute atomic E-state index is 0.0550. The standard InChI is InChI=1S/C24H30F2O6/c1-20(2)31-19-9-13-14-8-16(25)15-7-12(28)5-6-21(15,3)23(14,26)17(29)10-22(13,4)24(19,32-20)18(30)11-27/h5-7,13-14,16-17,19,27,29H,8-11H2,1-4H3/t13-,14-,16-,17?,19?,21?,22?,23-,24?/m1/s1. The Morgan fingerprint density at radius 2 is 1.91 bits per heavy atom. The number of allylic oxidation sites excluding steroid dienone is 4. The maximum absolute atomic E-state index is 17.1. The summed E-state index contributed by atoms with van der Waals surface area (Å²) in [7, 11) is 0. The number of aliphatic hydroxyl groups excluding tert-OH is 2. The van der Waals surface area contributed by atoms with Crippen molar-refractivity contribution in [1.29, 1.82) is 0 Å². The van der Waals surface area contributed by atoms with Crippen molar-refractivity contribution < 1.29 is 38.1 Å². The fraction of sp³-hybridized carbons (Fsp3) is 0.750. The summed E-state index contributed by atoms with van der Waals surface area (Å²) in [5.41, 5.74) is -6.30. The Hall–Kier alpha value is -1.48. The van der Waals surface area contributed by atoms with Crippen LogP contribution in [0.15, 0.2) is 23.8 Å². The number of hydrogen-bond donors (Lipinski definition) is 2. The van der Waals surface area contributed by atoms with Crippen molar-refractivity contribution in [2.45, 2.75) is 82.4 Å². The van der Waals surface area contributed by atoms with Crippen LogP contribution in [0.3, 0.4) is 0 Å². The van der Waals surface area contributed by atoms with Gasteiger partial charge in [-0.15, -0.1) is 0 Å². The van der Waals surface area contributed by atoms with Crippen LogP contribution in [0.5, 0.6) is 0 Å². The minimum Gasteiger partial charge on any atom is -0.390 e. The van der Waals surface area contributed by atoms with E-state index in [1.54, 1.807) is 20.8 Å². The summed E-state index contributed by atoms with van der Waals surface area (Å²) < 4.78 is 44.8. The van der Waals surface area contributed by atoms with E-state index in [9.17, 15) is 19.8 Å². The van der Waals surface area contributed by atoms with Gasteiger partial charge in [0.05, 0.1) is 12.2 Å². The maximum Gasteiger partial charge on any atom is 0.193 e. The molecule has 32 heavy (non-hydrogen) atoms. The average molecular weight is 452 g/mol. The summed E-state index contributed by atoms with van der Waals surface area (Å²) in [6.45, 7) is 5.87. The number of fused-ring (bicyclic) bond motifs is 7. The zero-order valence-electron chi connectivity index (χ0n) is 18.7. The number of ether oxygens (including phenoxy) is 2. The molecule has 1 heterocycles. The van der Waals surface area contributed by atoms with Crippen molar-refractivity contribution in [3.63, 3.8) is 0 Å². The van der Waals surface area contributed by atoms with Gasteiger partial charge in [0.2, 0.25) is 0 Å². The van der Waals surface area contributed by atoms with E-state index >= 15 is 8.78 Å². The largest absolute Gasteiger partial charge is 0.390 e. The fourth-order valence-corrected chi connectivity index (χ4v) is 7.92. The highest BCUT2D eigenvalue weighted by atomic mass is 19.1. The van der Waals surface area contributed by atoms with Gasteiger partial charge in [-0.1, -0.05) is 13.0 Å². The van der Waals surface area contributed by atoms with Crippen LogP contribution in [0.4, 0.5) is 8.78 Å². The third-order valence-electron chi connectivity index (χ3n) is 9.18. The lowest BCUT2D eigenvalue weighted by Crippen LogP contribution is -2.71. The summed E-state index contributed by atoms with van der Waals surface area (Å²) in [4.78, 5) is 25.1. The highest BCUT2D eigenvalue weighted by molar-refractivity contribution is 6.01. The highest BCUT2D eigenvalue weighted by Crippen LogP contribution is 2.72. The number of aliphatic hydroxyl groups is 2. The van der Waals surface area contributed by atoms with Gasteiger partial charge in [0.1, 0.15) is 12.8 Å². The van der Waals surface area contributed by atoms with Crippen LogP contribution in [-0.2, 0) is 19.1 Å². The second-order valence-corrected chi connectivity index (χ2v) is 11.0. The Bertz CT molecular complexity index is 960. The molecule has 5 rings (SSSR count). The molecule has 0 aromatic rings. The molecule has 2 N–H and O–H groups in total. The van der Waals surface area contributed by atoms with E-state index < -0.39 is 76.3 Å². The minimum atomic E-state index is -2.24. The van der Waals surface area contributed by atoms with E-state index in [0.717, 1.165) is 6.08 Å². The summed E-state index contributed by atoms with van der Waals surface area (Å²) in [5, 5.41) is 21.1. The molecule has 4 aliphatic carbocycles. The van der Waals surface area contributed by atoms with E-state index in [0.29, 0.717) is 0 Å². The van der Waals surface area contributed by atoms with Crippen molar-refractivity contribution in [3.8, 4) is 0 Å². The lowest BCUT2D eigenvalue weighted by atomic mass is 9.44. The molecular weight excluding hydrogens is 422 g/mol. The number of carbonyl (C=O) groups is 2. The van der Waals surface area contributed by atoms with Gasteiger partial charge in [-0.25, -0.2) is 8.78 Å².